The summed E-state index contributed by atoms with van der Waals surface area (Å²) in [5.74, 6) is -0.819. The number of halogens is 3. The summed E-state index contributed by atoms with van der Waals surface area (Å²) < 4.78 is 37.4. The number of carbonyl (C=O) groups excluding carboxylic acids is 1. The minimum atomic E-state index is -4.64. The Bertz CT molecular complexity index is 401. The van der Waals surface area contributed by atoms with E-state index in [1.165, 1.54) is 12.1 Å². The van der Waals surface area contributed by atoms with Gasteiger partial charge in [0.1, 0.15) is 0 Å². The molecule has 16 heavy (non-hydrogen) atoms. The third kappa shape index (κ3) is 2.82. The number of pyridine rings is 1. The van der Waals surface area contributed by atoms with Crippen LogP contribution in [0.3, 0.4) is 0 Å². The smallest absolute Gasteiger partial charge is 0.349 e. The van der Waals surface area contributed by atoms with Crippen LogP contribution in [0.25, 0.3) is 0 Å². The third-order valence-electron chi connectivity index (χ3n) is 1.73. The van der Waals surface area contributed by atoms with Gasteiger partial charge < -0.3 is 5.32 Å². The number of nitrogens with one attached hydrogen (secondary N) is 1. The second kappa shape index (κ2) is 4.78. The lowest BCUT2D eigenvalue weighted by molar-refractivity contribution is -0.141. The normalized spacial score (nSPS) is 10.9. The topological polar surface area (TPSA) is 42.0 Å². The van der Waals surface area contributed by atoms with E-state index >= 15 is 0 Å². The summed E-state index contributed by atoms with van der Waals surface area (Å²) in [5, 5.41) is 2.26. The molecular weight excluding hydrogens is 221 g/mol. The number of hydrogen-bond donors (Lipinski definition) is 1. The molecule has 1 heterocycles. The van der Waals surface area contributed by atoms with Gasteiger partial charge in [-0.1, -0.05) is 6.08 Å². The highest BCUT2D eigenvalue weighted by Gasteiger charge is 2.36. The highest BCUT2D eigenvalue weighted by atomic mass is 19.4. The van der Waals surface area contributed by atoms with Crippen molar-refractivity contribution < 1.29 is 18.0 Å². The van der Waals surface area contributed by atoms with Gasteiger partial charge in [-0.2, -0.15) is 13.2 Å². The van der Waals surface area contributed by atoms with Crippen LogP contribution in [0.1, 0.15) is 16.1 Å². The Morgan fingerprint density at radius 1 is 1.56 bits per heavy atom. The molecule has 0 radical (unpaired) electrons. The van der Waals surface area contributed by atoms with Crippen LogP contribution >= 0.6 is 0 Å². The molecule has 1 amide bonds. The highest BCUT2D eigenvalue weighted by Crippen LogP contribution is 2.29. The van der Waals surface area contributed by atoms with Crippen LogP contribution in [-0.4, -0.2) is 17.4 Å². The first-order valence-electron chi connectivity index (χ1n) is 4.38. The minimum Gasteiger partial charge on any atom is -0.349 e. The van der Waals surface area contributed by atoms with Gasteiger partial charge in [0, 0.05) is 12.7 Å². The summed E-state index contributed by atoms with van der Waals surface area (Å²) in [6.45, 7) is 3.45. The van der Waals surface area contributed by atoms with Crippen molar-refractivity contribution in [2.24, 2.45) is 0 Å². The van der Waals surface area contributed by atoms with Crippen molar-refractivity contribution >= 4 is 5.91 Å². The molecule has 6 heteroatoms. The number of carbonyl (C=O) groups is 1. The molecule has 0 unspecified atom stereocenters. The molecule has 0 aromatic carbocycles. The zero-order valence-corrected chi connectivity index (χ0v) is 8.21. The maximum Gasteiger partial charge on any atom is 0.434 e. The molecule has 0 atom stereocenters. The maximum absolute atomic E-state index is 12.5. The summed E-state index contributed by atoms with van der Waals surface area (Å²) in [6.07, 6.45) is -2.27. The Labute approximate surface area is 90.0 Å². The number of hydrogen-bond acceptors (Lipinski definition) is 2. The molecule has 86 valence electrons. The Morgan fingerprint density at radius 2 is 2.25 bits per heavy atom. The Balaban J connectivity index is 3.04. The predicted octanol–water partition coefficient (Wildman–Crippen LogP) is 2.02. The van der Waals surface area contributed by atoms with Crippen molar-refractivity contribution in [1.82, 2.24) is 10.3 Å². The van der Waals surface area contributed by atoms with Crippen LogP contribution in [0.15, 0.2) is 31.0 Å². The van der Waals surface area contributed by atoms with Crippen molar-refractivity contribution in [2.75, 3.05) is 6.54 Å². The van der Waals surface area contributed by atoms with E-state index in [2.05, 4.69) is 16.9 Å². The Kier molecular flexibility index (Phi) is 3.65. The molecule has 0 saturated heterocycles. The average Bonchev–Trinajstić information content (AvgIpc) is 2.24. The van der Waals surface area contributed by atoms with Gasteiger partial charge in [-0.3, -0.25) is 9.78 Å². The SMILES string of the molecule is C=CCNC(=O)c1cccnc1C(F)(F)F. The van der Waals surface area contributed by atoms with E-state index in [4.69, 9.17) is 0 Å². The van der Waals surface area contributed by atoms with Crippen LogP contribution in [0.4, 0.5) is 13.2 Å². The van der Waals surface area contributed by atoms with Crippen LogP contribution in [0, 0.1) is 0 Å². The molecule has 0 aliphatic heterocycles. The number of amides is 1. The van der Waals surface area contributed by atoms with Crippen LogP contribution in [-0.2, 0) is 6.18 Å². The third-order valence-corrected chi connectivity index (χ3v) is 1.73. The van der Waals surface area contributed by atoms with Gasteiger partial charge in [0.05, 0.1) is 5.56 Å². The quantitative estimate of drug-likeness (QED) is 0.807. The zero-order chi connectivity index (χ0) is 12.2. The summed E-state index contributed by atoms with van der Waals surface area (Å²) in [4.78, 5) is 14.5. The summed E-state index contributed by atoms with van der Waals surface area (Å²) in [7, 11) is 0. The fourth-order valence-corrected chi connectivity index (χ4v) is 1.07. The highest BCUT2D eigenvalue weighted by molar-refractivity contribution is 5.95. The predicted molar refractivity (Wildman–Crippen MR) is 51.8 cm³/mol. The van der Waals surface area contributed by atoms with Crippen molar-refractivity contribution in [1.29, 1.82) is 0 Å². The van der Waals surface area contributed by atoms with Crippen molar-refractivity contribution in [3.05, 3.63) is 42.2 Å². The average molecular weight is 230 g/mol. The van der Waals surface area contributed by atoms with Crippen LogP contribution in [0.2, 0.25) is 0 Å². The molecule has 0 aliphatic carbocycles. The standard InChI is InChI=1S/C10H9F3N2O/c1-2-5-15-9(16)7-4-3-6-14-8(7)10(11,12)13/h2-4,6H,1,5H2,(H,15,16). The summed E-state index contributed by atoms with van der Waals surface area (Å²) in [6, 6.07) is 2.35. The molecule has 3 nitrogen and oxygen atoms in total. The van der Waals surface area contributed by atoms with Gasteiger partial charge in [-0.05, 0) is 12.1 Å². The second-order valence-electron chi connectivity index (χ2n) is 2.90. The lowest BCUT2D eigenvalue weighted by Crippen LogP contribution is -2.26. The maximum atomic E-state index is 12.5. The first-order chi connectivity index (χ1) is 7.46. The molecule has 1 aromatic rings. The largest absolute Gasteiger partial charge is 0.434 e. The Morgan fingerprint density at radius 3 is 2.81 bits per heavy atom. The van der Waals surface area contributed by atoms with Crippen LogP contribution < -0.4 is 5.32 Å². The van der Waals surface area contributed by atoms with Crippen LogP contribution in [0.5, 0.6) is 0 Å². The number of rotatable bonds is 3. The Hall–Kier alpha value is -1.85. The molecule has 0 fully saturated rings. The number of aromatic nitrogens is 1. The molecule has 0 aliphatic rings. The molecule has 0 spiro atoms. The monoisotopic (exact) mass is 230 g/mol. The fraction of sp³-hybridized carbons (Fsp3) is 0.200. The molecule has 0 saturated carbocycles. The molecule has 0 bridgehead atoms. The van der Waals surface area contributed by atoms with Gasteiger partial charge >= 0.3 is 6.18 Å². The molecule has 1 aromatic heterocycles. The minimum absolute atomic E-state index is 0.102. The second-order valence-corrected chi connectivity index (χ2v) is 2.90. The lowest BCUT2D eigenvalue weighted by atomic mass is 10.1. The van der Waals surface area contributed by atoms with Gasteiger partial charge in [-0.25, -0.2) is 0 Å². The van der Waals surface area contributed by atoms with Crippen molar-refractivity contribution in [3.8, 4) is 0 Å². The van der Waals surface area contributed by atoms with E-state index < -0.39 is 23.3 Å². The number of alkyl halides is 3. The first kappa shape index (κ1) is 12.2. The molecular formula is C10H9F3N2O. The molecule has 1 N–H and O–H groups in total. The first-order valence-corrected chi connectivity index (χ1v) is 4.38. The van der Waals surface area contributed by atoms with Gasteiger partial charge in [-0.15, -0.1) is 6.58 Å². The summed E-state index contributed by atoms with van der Waals surface area (Å²) in [5.41, 5.74) is -1.67. The van der Waals surface area contributed by atoms with Crippen molar-refractivity contribution in [2.45, 2.75) is 6.18 Å². The van der Waals surface area contributed by atoms with E-state index in [1.54, 1.807) is 0 Å². The lowest BCUT2D eigenvalue weighted by Gasteiger charge is -2.10. The van der Waals surface area contributed by atoms with E-state index in [9.17, 15) is 18.0 Å². The van der Waals surface area contributed by atoms with Gasteiger partial charge in [0.25, 0.3) is 5.91 Å². The summed E-state index contributed by atoms with van der Waals surface area (Å²) >= 11 is 0. The van der Waals surface area contributed by atoms with Gasteiger partial charge in [0.15, 0.2) is 5.69 Å². The van der Waals surface area contributed by atoms with Gasteiger partial charge in [0.2, 0.25) is 0 Å². The zero-order valence-electron chi connectivity index (χ0n) is 8.21. The van der Waals surface area contributed by atoms with Crippen molar-refractivity contribution in [3.63, 3.8) is 0 Å². The van der Waals surface area contributed by atoms with E-state index in [-0.39, 0.29) is 6.54 Å². The molecule has 1 rings (SSSR count). The number of nitrogens with zero attached hydrogens (tertiary/aromatic N) is 1. The fourth-order valence-electron chi connectivity index (χ4n) is 1.07. The van der Waals surface area contributed by atoms with E-state index in [0.29, 0.717) is 0 Å². The van der Waals surface area contributed by atoms with E-state index in [0.717, 1.165) is 12.3 Å². The van der Waals surface area contributed by atoms with E-state index in [1.807, 2.05) is 0 Å².